The number of hydrogen-bond donors (Lipinski definition) is 1. The lowest BCUT2D eigenvalue weighted by Crippen LogP contribution is -2.24. The summed E-state index contributed by atoms with van der Waals surface area (Å²) in [6.45, 7) is 6.05. The van der Waals surface area contributed by atoms with Crippen LogP contribution in [0.1, 0.15) is 36.9 Å². The lowest BCUT2D eigenvalue weighted by Gasteiger charge is -2.24. The summed E-state index contributed by atoms with van der Waals surface area (Å²) >= 11 is 3.61. The van der Waals surface area contributed by atoms with Gasteiger partial charge in [0.15, 0.2) is 0 Å². The minimum Gasteiger partial charge on any atom is -0.501 e. The Kier molecular flexibility index (Phi) is 4.84. The van der Waals surface area contributed by atoms with Crippen LogP contribution < -0.4 is 5.32 Å². The zero-order valence-corrected chi connectivity index (χ0v) is 12.6. The molecule has 1 aromatic carbocycles. The maximum absolute atomic E-state index is 5.47. The highest BCUT2D eigenvalue weighted by atomic mass is 79.9. The Bertz CT molecular complexity index is 442. The number of benzene rings is 1. The fourth-order valence-corrected chi connectivity index (χ4v) is 2.65. The van der Waals surface area contributed by atoms with E-state index >= 15 is 0 Å². The minimum atomic E-state index is 0.271. The average molecular weight is 310 g/mol. The van der Waals surface area contributed by atoms with E-state index in [-0.39, 0.29) is 6.04 Å². The molecule has 1 N–H and O–H groups in total. The topological polar surface area (TPSA) is 21.3 Å². The van der Waals surface area contributed by atoms with Crippen LogP contribution in [0.2, 0.25) is 0 Å². The molecule has 1 atom stereocenters. The first-order chi connectivity index (χ1) is 8.72. The highest BCUT2D eigenvalue weighted by Crippen LogP contribution is 2.30. The van der Waals surface area contributed by atoms with Gasteiger partial charge in [0.25, 0.3) is 0 Å². The van der Waals surface area contributed by atoms with Crippen molar-refractivity contribution in [1.82, 2.24) is 5.32 Å². The Morgan fingerprint density at radius 3 is 2.89 bits per heavy atom. The van der Waals surface area contributed by atoms with Gasteiger partial charge in [-0.2, -0.15) is 0 Å². The van der Waals surface area contributed by atoms with Gasteiger partial charge >= 0.3 is 0 Å². The summed E-state index contributed by atoms with van der Waals surface area (Å²) in [6.07, 6.45) is 4.16. The normalized spacial score (nSPS) is 16.9. The van der Waals surface area contributed by atoms with Crippen molar-refractivity contribution in [2.24, 2.45) is 0 Å². The molecule has 98 valence electrons. The summed E-state index contributed by atoms with van der Waals surface area (Å²) < 4.78 is 6.64. The highest BCUT2D eigenvalue weighted by molar-refractivity contribution is 9.10. The number of likely N-dealkylation sites (N-methyl/N-ethyl adjacent to an activating group) is 1. The predicted octanol–water partition coefficient (Wildman–Crippen LogP) is 4.10. The summed E-state index contributed by atoms with van der Waals surface area (Å²) in [5, 5.41) is 3.55. The second-order valence-electron chi connectivity index (χ2n) is 4.67. The van der Waals surface area contributed by atoms with Crippen molar-refractivity contribution in [3.63, 3.8) is 0 Å². The summed E-state index contributed by atoms with van der Waals surface area (Å²) in [4.78, 5) is 0. The number of nitrogens with one attached hydrogen (secondary N) is 1. The molecule has 18 heavy (non-hydrogen) atoms. The molecule has 1 aromatic rings. The molecule has 0 amide bonds. The molecule has 1 aliphatic heterocycles. The van der Waals surface area contributed by atoms with Gasteiger partial charge < -0.3 is 10.1 Å². The van der Waals surface area contributed by atoms with Gasteiger partial charge in [0, 0.05) is 4.47 Å². The van der Waals surface area contributed by atoms with Crippen molar-refractivity contribution in [2.45, 2.75) is 32.7 Å². The first-order valence-electron chi connectivity index (χ1n) is 6.52. The largest absolute Gasteiger partial charge is 0.501 e. The number of aryl methyl sites for hydroxylation is 1. The Labute approximate surface area is 118 Å². The third-order valence-corrected chi connectivity index (χ3v) is 4.12. The van der Waals surface area contributed by atoms with E-state index in [0.29, 0.717) is 0 Å². The molecule has 2 nitrogen and oxygen atoms in total. The third-order valence-electron chi connectivity index (χ3n) is 3.27. The van der Waals surface area contributed by atoms with Crippen LogP contribution in [0.3, 0.4) is 0 Å². The molecule has 0 fully saturated rings. The van der Waals surface area contributed by atoms with Gasteiger partial charge in [-0.05, 0) is 49.1 Å². The molecule has 2 rings (SSSR count). The molecular formula is C15H20BrNO. The van der Waals surface area contributed by atoms with E-state index in [9.17, 15) is 0 Å². The van der Waals surface area contributed by atoms with Crippen LogP contribution in [0, 0.1) is 6.92 Å². The summed E-state index contributed by atoms with van der Waals surface area (Å²) in [6, 6.07) is 6.84. The molecule has 0 saturated heterocycles. The average Bonchev–Trinajstić information content (AvgIpc) is 2.40. The molecule has 1 aliphatic rings. The van der Waals surface area contributed by atoms with E-state index in [4.69, 9.17) is 4.74 Å². The van der Waals surface area contributed by atoms with E-state index in [0.717, 1.165) is 26.0 Å². The Hall–Kier alpha value is -0.800. The Morgan fingerprint density at radius 2 is 2.28 bits per heavy atom. The Balaban J connectivity index is 2.28. The maximum atomic E-state index is 5.47. The molecular weight excluding hydrogens is 290 g/mol. The number of rotatable bonds is 4. The van der Waals surface area contributed by atoms with Gasteiger partial charge in [-0.15, -0.1) is 0 Å². The monoisotopic (exact) mass is 309 g/mol. The zero-order chi connectivity index (χ0) is 13.0. The minimum absolute atomic E-state index is 0.271. The fourth-order valence-electron chi connectivity index (χ4n) is 2.25. The van der Waals surface area contributed by atoms with Crippen molar-refractivity contribution in [3.05, 3.63) is 45.6 Å². The smallest absolute Gasteiger partial charge is 0.0876 e. The number of ether oxygens (including phenoxy) is 1. The summed E-state index contributed by atoms with van der Waals surface area (Å²) in [7, 11) is 0. The number of halogens is 1. The first kappa shape index (κ1) is 13.6. The van der Waals surface area contributed by atoms with Crippen LogP contribution in [0.15, 0.2) is 34.5 Å². The van der Waals surface area contributed by atoms with Gasteiger partial charge in [-0.1, -0.05) is 35.0 Å². The van der Waals surface area contributed by atoms with Gasteiger partial charge in [0.1, 0.15) is 0 Å². The van der Waals surface area contributed by atoms with Crippen molar-refractivity contribution >= 4 is 15.9 Å². The van der Waals surface area contributed by atoms with Gasteiger partial charge in [0.2, 0.25) is 0 Å². The van der Waals surface area contributed by atoms with Crippen LogP contribution in [0.5, 0.6) is 0 Å². The van der Waals surface area contributed by atoms with Crippen molar-refractivity contribution in [2.75, 3.05) is 13.2 Å². The molecule has 1 unspecified atom stereocenters. The van der Waals surface area contributed by atoms with Crippen molar-refractivity contribution in [1.29, 1.82) is 0 Å². The fraction of sp³-hybridized carbons (Fsp3) is 0.467. The first-order valence-corrected chi connectivity index (χ1v) is 7.31. The third kappa shape index (κ3) is 3.15. The van der Waals surface area contributed by atoms with Crippen LogP contribution >= 0.6 is 15.9 Å². The molecule has 0 aromatic heterocycles. The van der Waals surface area contributed by atoms with Gasteiger partial charge in [-0.25, -0.2) is 0 Å². The van der Waals surface area contributed by atoms with E-state index in [1.165, 1.54) is 21.2 Å². The van der Waals surface area contributed by atoms with Gasteiger partial charge in [0.05, 0.1) is 18.9 Å². The van der Waals surface area contributed by atoms with E-state index in [1.54, 1.807) is 0 Å². The van der Waals surface area contributed by atoms with Crippen molar-refractivity contribution < 1.29 is 4.74 Å². The number of hydrogen-bond acceptors (Lipinski definition) is 2. The van der Waals surface area contributed by atoms with Crippen LogP contribution in [-0.4, -0.2) is 13.2 Å². The van der Waals surface area contributed by atoms with Crippen LogP contribution in [-0.2, 0) is 4.74 Å². The second-order valence-corrected chi connectivity index (χ2v) is 5.52. The zero-order valence-electron chi connectivity index (χ0n) is 11.0. The SMILES string of the molecule is CCNC(C1=COCCC1)c1ccc(C)c(Br)c1. The predicted molar refractivity (Wildman–Crippen MR) is 78.6 cm³/mol. The van der Waals surface area contributed by atoms with Crippen LogP contribution in [0.25, 0.3) is 0 Å². The van der Waals surface area contributed by atoms with Crippen LogP contribution in [0.4, 0.5) is 0 Å². The Morgan fingerprint density at radius 1 is 1.44 bits per heavy atom. The van der Waals surface area contributed by atoms with Crippen molar-refractivity contribution in [3.8, 4) is 0 Å². The van der Waals surface area contributed by atoms with E-state index in [1.807, 2.05) is 6.26 Å². The highest BCUT2D eigenvalue weighted by Gasteiger charge is 2.18. The molecule has 0 aliphatic carbocycles. The maximum Gasteiger partial charge on any atom is 0.0876 e. The van der Waals surface area contributed by atoms with E-state index in [2.05, 4.69) is 53.3 Å². The molecule has 0 saturated carbocycles. The van der Waals surface area contributed by atoms with Gasteiger partial charge in [-0.3, -0.25) is 0 Å². The second kappa shape index (κ2) is 6.39. The standard InChI is InChI=1S/C15H20BrNO/c1-3-17-15(13-5-4-8-18-10-13)12-7-6-11(2)14(16)9-12/h6-7,9-10,15,17H,3-5,8H2,1-2H3. The molecule has 0 radical (unpaired) electrons. The molecule has 0 spiro atoms. The lowest BCUT2D eigenvalue weighted by molar-refractivity contribution is 0.219. The summed E-state index contributed by atoms with van der Waals surface area (Å²) in [5.74, 6) is 0. The quantitative estimate of drug-likeness (QED) is 0.904. The molecule has 3 heteroatoms. The molecule has 0 bridgehead atoms. The molecule has 1 heterocycles. The van der Waals surface area contributed by atoms with E-state index < -0.39 is 0 Å². The lowest BCUT2D eigenvalue weighted by atomic mass is 9.94. The summed E-state index contributed by atoms with van der Waals surface area (Å²) in [5.41, 5.74) is 3.91.